The highest BCUT2D eigenvalue weighted by Gasteiger charge is 2.64. The van der Waals surface area contributed by atoms with E-state index in [1.807, 2.05) is 0 Å². The van der Waals surface area contributed by atoms with Gasteiger partial charge in [0.25, 0.3) is 0 Å². The number of hydrogen-bond acceptors (Lipinski definition) is 3. The van der Waals surface area contributed by atoms with Crippen LogP contribution in [0.1, 0.15) is 65.5 Å². The maximum absolute atomic E-state index is 5.42. The van der Waals surface area contributed by atoms with Crippen molar-refractivity contribution in [2.45, 2.75) is 42.9 Å². The van der Waals surface area contributed by atoms with Gasteiger partial charge in [-0.05, 0) is 129 Å². The van der Waals surface area contributed by atoms with E-state index in [9.17, 15) is 0 Å². The van der Waals surface area contributed by atoms with Crippen LogP contribution >= 0.6 is 0 Å². The smallest absolute Gasteiger partial charge is 0.164 e. The molecule has 3 nitrogen and oxygen atoms in total. The molecule has 0 saturated heterocycles. The first kappa shape index (κ1) is 37.2. The summed E-state index contributed by atoms with van der Waals surface area (Å²) >= 11 is 0. The van der Waals surface area contributed by atoms with Gasteiger partial charge in [0, 0.05) is 22.1 Å². The van der Waals surface area contributed by atoms with Crippen molar-refractivity contribution in [2.24, 2.45) is 23.7 Å². The molecule has 8 aromatic carbocycles. The summed E-state index contributed by atoms with van der Waals surface area (Å²) in [6.45, 7) is 0. The molecule has 6 aliphatic rings. The van der Waals surface area contributed by atoms with Gasteiger partial charge in [-0.25, -0.2) is 15.0 Å². The topological polar surface area (TPSA) is 38.7 Å². The second-order valence-corrected chi connectivity index (χ2v) is 19.5. The maximum Gasteiger partial charge on any atom is 0.164 e. The summed E-state index contributed by atoms with van der Waals surface area (Å²) in [5, 5.41) is 0. The molecule has 4 saturated carbocycles. The fourth-order valence-corrected chi connectivity index (χ4v) is 14.1. The van der Waals surface area contributed by atoms with Crippen LogP contribution < -0.4 is 0 Å². The summed E-state index contributed by atoms with van der Waals surface area (Å²) in [6.07, 6.45) is 6.65. The molecule has 1 aromatic heterocycles. The fourth-order valence-electron chi connectivity index (χ4n) is 14.1. The predicted octanol–water partition coefficient (Wildman–Crippen LogP) is 14.6. The molecule has 9 aromatic rings. The maximum atomic E-state index is 5.42. The Morgan fingerprint density at radius 1 is 0.292 bits per heavy atom. The average molecular weight is 834 g/mol. The normalized spacial score (nSPS) is 22.3. The van der Waals surface area contributed by atoms with Crippen molar-refractivity contribution in [3.8, 4) is 67.5 Å². The van der Waals surface area contributed by atoms with Crippen LogP contribution in [-0.2, 0) is 10.8 Å². The Hall–Kier alpha value is -7.23. The summed E-state index contributed by atoms with van der Waals surface area (Å²) in [7, 11) is 0. The Balaban J connectivity index is 1.00. The van der Waals surface area contributed by atoms with Crippen LogP contribution in [0.4, 0.5) is 0 Å². The van der Waals surface area contributed by atoms with Gasteiger partial charge in [-0.1, -0.05) is 194 Å². The molecule has 310 valence electrons. The van der Waals surface area contributed by atoms with Crippen molar-refractivity contribution >= 4 is 0 Å². The van der Waals surface area contributed by atoms with E-state index >= 15 is 0 Å². The Morgan fingerprint density at radius 3 is 1.17 bits per heavy atom. The average Bonchev–Trinajstić information content (AvgIpc) is 3.67. The van der Waals surface area contributed by atoms with E-state index in [0.29, 0.717) is 29.3 Å². The van der Waals surface area contributed by atoms with Gasteiger partial charge < -0.3 is 0 Å². The molecule has 0 unspecified atom stereocenters. The number of benzene rings is 8. The zero-order chi connectivity index (χ0) is 42.7. The molecule has 6 aliphatic carbocycles. The van der Waals surface area contributed by atoms with Crippen LogP contribution in [0, 0.1) is 23.7 Å². The minimum absolute atomic E-state index is 0.0910. The van der Waals surface area contributed by atoms with Gasteiger partial charge in [0.15, 0.2) is 17.5 Å². The standard InChI is InChI=1S/C62H47N3/c1-3-13-41(14-4-1)43-23-27-45(28-24-43)58-63-59(46-29-25-44(26-30-46)42-15-5-2-6-16-42)65-60(64-58)47-31-32-56-57(38-47)61(48-34-39-33-40(36-48)37-49(61)35-39)54-21-11-12-22-55(54)62(56)52-19-9-7-17-50(52)51-18-8-10-20-53(51)62/h1-32,38-40,48-49H,33-37H2. The third-order valence-corrected chi connectivity index (χ3v) is 16.4. The van der Waals surface area contributed by atoms with Crippen LogP contribution in [0.15, 0.2) is 200 Å². The van der Waals surface area contributed by atoms with Gasteiger partial charge in [-0.15, -0.1) is 0 Å². The van der Waals surface area contributed by atoms with Crippen LogP contribution in [0.2, 0.25) is 0 Å². The third-order valence-electron chi connectivity index (χ3n) is 16.4. The molecular weight excluding hydrogens is 787 g/mol. The fraction of sp³-hybridized carbons (Fsp3) is 0.177. The Labute approximate surface area is 381 Å². The summed E-state index contributed by atoms with van der Waals surface area (Å²) in [5.74, 6) is 4.93. The minimum Gasteiger partial charge on any atom is -0.208 e. The first-order valence-corrected chi connectivity index (χ1v) is 23.7. The molecule has 0 N–H and O–H groups in total. The van der Waals surface area contributed by atoms with E-state index in [1.54, 1.807) is 5.56 Å². The molecule has 4 bridgehead atoms. The first-order chi connectivity index (χ1) is 32.2. The molecule has 65 heavy (non-hydrogen) atoms. The summed E-state index contributed by atoms with van der Waals surface area (Å²) < 4.78 is 0. The lowest BCUT2D eigenvalue weighted by Crippen LogP contribution is -2.59. The second-order valence-electron chi connectivity index (χ2n) is 19.5. The largest absolute Gasteiger partial charge is 0.208 e. The summed E-state index contributed by atoms with van der Waals surface area (Å²) in [5.41, 5.74) is 18.6. The van der Waals surface area contributed by atoms with Crippen molar-refractivity contribution in [1.29, 1.82) is 0 Å². The lowest BCUT2D eigenvalue weighted by molar-refractivity contribution is -0.0440. The summed E-state index contributed by atoms with van der Waals surface area (Å²) in [6, 6.07) is 74.0. The van der Waals surface area contributed by atoms with E-state index in [1.165, 1.54) is 93.3 Å². The van der Waals surface area contributed by atoms with Crippen molar-refractivity contribution in [3.05, 3.63) is 234 Å². The lowest BCUT2D eigenvalue weighted by atomic mass is 9.38. The summed E-state index contributed by atoms with van der Waals surface area (Å²) in [4.78, 5) is 16.1. The van der Waals surface area contributed by atoms with Gasteiger partial charge >= 0.3 is 0 Å². The van der Waals surface area contributed by atoms with Gasteiger partial charge in [0.1, 0.15) is 0 Å². The Kier molecular flexibility index (Phi) is 8.08. The van der Waals surface area contributed by atoms with Gasteiger partial charge in [-0.2, -0.15) is 0 Å². The second kappa shape index (κ2) is 14.1. The van der Waals surface area contributed by atoms with Gasteiger partial charge in [-0.3, -0.25) is 0 Å². The van der Waals surface area contributed by atoms with E-state index in [-0.39, 0.29) is 5.41 Å². The number of nitrogens with zero attached hydrogens (tertiary/aromatic N) is 3. The highest BCUT2D eigenvalue weighted by molar-refractivity contribution is 5.89. The van der Waals surface area contributed by atoms with E-state index < -0.39 is 5.41 Å². The van der Waals surface area contributed by atoms with Crippen molar-refractivity contribution in [3.63, 3.8) is 0 Å². The monoisotopic (exact) mass is 833 g/mol. The van der Waals surface area contributed by atoms with E-state index in [2.05, 4.69) is 200 Å². The van der Waals surface area contributed by atoms with Crippen LogP contribution in [-0.4, -0.2) is 15.0 Å². The van der Waals surface area contributed by atoms with Gasteiger partial charge in [0.2, 0.25) is 0 Å². The van der Waals surface area contributed by atoms with Crippen molar-refractivity contribution in [2.75, 3.05) is 0 Å². The lowest BCUT2D eigenvalue weighted by Gasteiger charge is -2.65. The van der Waals surface area contributed by atoms with E-state index in [0.717, 1.165) is 28.5 Å². The molecule has 0 atom stereocenters. The number of rotatable bonds is 5. The highest BCUT2D eigenvalue weighted by Crippen LogP contribution is 2.71. The molecule has 3 heteroatoms. The molecule has 0 amide bonds. The number of aromatic nitrogens is 3. The molecule has 1 heterocycles. The zero-order valence-electron chi connectivity index (χ0n) is 36.2. The molecule has 0 aliphatic heterocycles. The number of hydrogen-bond donors (Lipinski definition) is 0. The zero-order valence-corrected chi connectivity index (χ0v) is 36.2. The van der Waals surface area contributed by atoms with Gasteiger partial charge in [0.05, 0.1) is 5.41 Å². The Morgan fingerprint density at radius 2 is 0.662 bits per heavy atom. The molecule has 2 spiro atoms. The molecule has 0 radical (unpaired) electrons. The predicted molar refractivity (Wildman–Crippen MR) is 262 cm³/mol. The quantitative estimate of drug-likeness (QED) is 0.173. The minimum atomic E-state index is -0.437. The number of fused-ring (bicyclic) bond motifs is 9. The van der Waals surface area contributed by atoms with Crippen molar-refractivity contribution < 1.29 is 0 Å². The van der Waals surface area contributed by atoms with Crippen LogP contribution in [0.3, 0.4) is 0 Å². The SMILES string of the molecule is c1ccc(-c2ccc(-c3nc(-c4ccc(-c5ccccc5)cc4)nc(-c4ccc5c(c4)C4(c6ccccc6C56c5ccccc5-c5ccccc56)C5CC6CC(C5)CC4C6)n3)cc2)cc1. The molecule has 15 rings (SSSR count). The molecule has 4 fully saturated rings. The Bertz CT molecular complexity index is 3140. The van der Waals surface area contributed by atoms with Crippen molar-refractivity contribution in [1.82, 2.24) is 15.0 Å². The van der Waals surface area contributed by atoms with E-state index in [4.69, 9.17) is 15.0 Å². The third kappa shape index (κ3) is 5.33. The molecular formula is C62H47N3. The van der Waals surface area contributed by atoms with Crippen LogP contribution in [0.25, 0.3) is 67.5 Å². The highest BCUT2D eigenvalue weighted by atomic mass is 15.0. The first-order valence-electron chi connectivity index (χ1n) is 23.7. The van der Waals surface area contributed by atoms with Crippen LogP contribution in [0.5, 0.6) is 0 Å².